The third kappa shape index (κ3) is 11.6. The molecule has 0 aliphatic heterocycles. The Balaban J connectivity index is 1.52. The number of benzene rings is 5. The largest absolute Gasteiger partial charge is 0.497 e. The molecule has 4 atom stereocenters. The van der Waals surface area contributed by atoms with Crippen LogP contribution in [0.1, 0.15) is 63.6 Å². The lowest BCUT2D eigenvalue weighted by molar-refractivity contribution is -0.171. The molecular weight excluding hydrogens is 914 g/mol. The summed E-state index contributed by atoms with van der Waals surface area (Å²) in [5.41, 5.74) is 0.175. The molecule has 0 spiro atoms. The van der Waals surface area contributed by atoms with Crippen molar-refractivity contribution < 1.29 is 59.2 Å². The topological polar surface area (TPSA) is 123 Å². The lowest BCUT2D eigenvalue weighted by Gasteiger charge is -2.39. The molecule has 1 saturated carbocycles. The smallest absolute Gasteiger partial charge is 0.471 e. The van der Waals surface area contributed by atoms with E-state index in [0.717, 1.165) is 0 Å². The van der Waals surface area contributed by atoms with Crippen LogP contribution < -0.4 is 19.7 Å². The van der Waals surface area contributed by atoms with E-state index in [-0.39, 0.29) is 66.7 Å². The van der Waals surface area contributed by atoms with Crippen LogP contribution in [-0.2, 0) is 29.0 Å². The lowest BCUT2D eigenvalue weighted by atomic mass is 9.79. The van der Waals surface area contributed by atoms with Crippen LogP contribution in [0, 0.1) is 17.2 Å². The summed E-state index contributed by atoms with van der Waals surface area (Å²) < 4.78 is 119. The van der Waals surface area contributed by atoms with Crippen LogP contribution in [0.25, 0.3) is 10.8 Å². The van der Waals surface area contributed by atoms with Gasteiger partial charge in [-0.1, -0.05) is 78.9 Å². The fraction of sp³-hybridized carbons (Fsp3) is 0.380. The Labute approximate surface area is 392 Å². The minimum atomic E-state index is -5.40. The van der Waals surface area contributed by atoms with E-state index < -0.39 is 56.4 Å². The van der Waals surface area contributed by atoms with E-state index in [1.807, 2.05) is 92.3 Å². The Morgan fingerprint density at radius 1 is 0.735 bits per heavy atom. The van der Waals surface area contributed by atoms with Gasteiger partial charge >= 0.3 is 24.2 Å². The third-order valence-electron chi connectivity index (χ3n) is 11.7. The maximum absolute atomic E-state index is 15.0. The van der Waals surface area contributed by atoms with Gasteiger partial charge in [0.05, 0.1) is 51.7 Å². The second kappa shape index (κ2) is 22.1. The van der Waals surface area contributed by atoms with Crippen molar-refractivity contribution in [1.29, 1.82) is 5.26 Å². The van der Waals surface area contributed by atoms with Gasteiger partial charge in [0.15, 0.2) is 0 Å². The summed E-state index contributed by atoms with van der Waals surface area (Å²) in [6.07, 6.45) is -11.8. The van der Waals surface area contributed by atoms with Gasteiger partial charge in [-0.25, -0.2) is 4.67 Å². The number of alkyl halides is 6. The zero-order chi connectivity index (χ0) is 49.4. The summed E-state index contributed by atoms with van der Waals surface area (Å²) in [5.74, 6) is -4.06. The van der Waals surface area contributed by atoms with E-state index in [0.29, 0.717) is 33.1 Å². The quantitative estimate of drug-likeness (QED) is 0.0373. The number of methoxy groups -OCH3 is 2. The number of nitrogens with one attached hydrogen (secondary N) is 1. The van der Waals surface area contributed by atoms with E-state index in [1.54, 1.807) is 38.5 Å². The standard InChI is InChI=1S/C50H53F6N4O7P/c1-32(2)60(33(3)4)68(66-28-12-27-57)67-45-30-38(59(47(62)50(54,55)56)44-18-11-15-41-42(44)16-10-17-43(41)58-46(61)49(51,52)53)29-34(45)31-65-48(35-13-8-7-9-14-35,36-19-23-39(63-5)24-20-36)37-21-25-40(64-6)26-22-37/h7-11,13-26,32-34,38,45H,12,28-31H2,1-6H3,(H,58,61)/t34-,38+,45+,68?/m1/s1. The van der Waals surface area contributed by atoms with Crippen molar-refractivity contribution in [2.24, 2.45) is 5.92 Å². The summed E-state index contributed by atoms with van der Waals surface area (Å²) >= 11 is 0. The first kappa shape index (κ1) is 51.6. The van der Waals surface area contributed by atoms with Crippen molar-refractivity contribution in [2.45, 2.75) is 89.1 Å². The van der Waals surface area contributed by atoms with Gasteiger partial charge in [0.2, 0.25) is 0 Å². The normalized spacial score (nSPS) is 17.1. The fourth-order valence-electron chi connectivity index (χ4n) is 8.70. The highest BCUT2D eigenvalue weighted by Gasteiger charge is 2.51. The highest BCUT2D eigenvalue weighted by atomic mass is 31.2. The number of nitrogens with zero attached hydrogens (tertiary/aromatic N) is 3. The van der Waals surface area contributed by atoms with Gasteiger partial charge in [0.25, 0.3) is 8.53 Å². The van der Waals surface area contributed by atoms with Crippen molar-refractivity contribution in [1.82, 2.24) is 4.67 Å². The molecule has 1 N–H and O–H groups in total. The van der Waals surface area contributed by atoms with Crippen molar-refractivity contribution in [3.05, 3.63) is 132 Å². The van der Waals surface area contributed by atoms with Crippen LogP contribution in [-0.4, -0.2) is 80.5 Å². The van der Waals surface area contributed by atoms with Gasteiger partial charge < -0.3 is 33.5 Å². The van der Waals surface area contributed by atoms with Crippen molar-refractivity contribution in [3.8, 4) is 17.6 Å². The molecule has 362 valence electrons. The number of carbonyl (C=O) groups is 2. The lowest BCUT2D eigenvalue weighted by Crippen LogP contribution is -2.47. The average Bonchev–Trinajstić information content (AvgIpc) is 3.70. The number of fused-ring (bicyclic) bond motifs is 1. The average molecular weight is 967 g/mol. The molecule has 5 aromatic carbocycles. The number of ether oxygens (including phenoxy) is 3. The molecule has 5 aromatic rings. The molecule has 0 heterocycles. The number of hydrogen-bond donors (Lipinski definition) is 1. The molecule has 11 nitrogen and oxygen atoms in total. The Hall–Kier alpha value is -5.76. The number of hydrogen-bond acceptors (Lipinski definition) is 9. The number of halogens is 6. The van der Waals surface area contributed by atoms with Gasteiger partial charge in [-0.3, -0.25) is 9.59 Å². The van der Waals surface area contributed by atoms with Gasteiger partial charge in [-0.05, 0) is 93.6 Å². The molecule has 18 heteroatoms. The first-order valence-corrected chi connectivity index (χ1v) is 23.0. The van der Waals surface area contributed by atoms with E-state index in [9.17, 15) is 41.2 Å². The Kier molecular flexibility index (Phi) is 16.8. The zero-order valence-electron chi connectivity index (χ0n) is 38.3. The first-order valence-electron chi connectivity index (χ1n) is 21.9. The van der Waals surface area contributed by atoms with Crippen molar-refractivity contribution >= 4 is 42.5 Å². The highest BCUT2D eigenvalue weighted by molar-refractivity contribution is 7.44. The predicted octanol–water partition coefficient (Wildman–Crippen LogP) is 11.7. The van der Waals surface area contributed by atoms with E-state index in [4.69, 9.17) is 23.3 Å². The monoisotopic (exact) mass is 966 g/mol. The molecule has 1 unspecified atom stereocenters. The molecule has 1 fully saturated rings. The van der Waals surface area contributed by atoms with Crippen LogP contribution in [0.15, 0.2) is 115 Å². The Morgan fingerprint density at radius 2 is 1.29 bits per heavy atom. The summed E-state index contributed by atoms with van der Waals surface area (Å²) in [7, 11) is 1.12. The second-order valence-electron chi connectivity index (χ2n) is 16.7. The van der Waals surface area contributed by atoms with Crippen LogP contribution in [0.3, 0.4) is 0 Å². The molecule has 0 radical (unpaired) electrons. The predicted molar refractivity (Wildman–Crippen MR) is 247 cm³/mol. The van der Waals surface area contributed by atoms with E-state index >= 15 is 0 Å². The molecule has 0 aromatic heterocycles. The SMILES string of the molecule is COc1ccc(C(OC[C@H]2C[C@H](N(C(=O)C(F)(F)F)c3cccc4c(NC(=O)C(F)(F)F)cccc34)C[C@@H]2OP(OCCC#N)N(C(C)C)C(C)C)(c2ccccc2)c2ccc(OC)cc2)cc1. The van der Waals surface area contributed by atoms with Gasteiger partial charge in [0, 0.05) is 40.5 Å². The van der Waals surface area contributed by atoms with Crippen molar-refractivity contribution in [2.75, 3.05) is 37.7 Å². The number of rotatable bonds is 19. The van der Waals surface area contributed by atoms with Crippen molar-refractivity contribution in [3.63, 3.8) is 0 Å². The molecule has 68 heavy (non-hydrogen) atoms. The molecule has 1 aliphatic carbocycles. The first-order chi connectivity index (χ1) is 32.3. The molecule has 1 aliphatic rings. The summed E-state index contributed by atoms with van der Waals surface area (Å²) in [6.45, 7) is 7.63. The van der Waals surface area contributed by atoms with Crippen LogP contribution >= 0.6 is 8.53 Å². The van der Waals surface area contributed by atoms with Crippen LogP contribution in [0.4, 0.5) is 37.7 Å². The number of amides is 2. The van der Waals surface area contributed by atoms with Crippen LogP contribution in [0.5, 0.6) is 11.5 Å². The van der Waals surface area contributed by atoms with Gasteiger partial charge in [-0.2, -0.15) is 31.6 Å². The number of nitriles is 1. The second-order valence-corrected chi connectivity index (χ2v) is 18.1. The van der Waals surface area contributed by atoms with E-state index in [1.165, 1.54) is 36.4 Å². The number of carbonyl (C=O) groups excluding carboxylic acids is 2. The number of anilines is 2. The molecule has 0 saturated heterocycles. The summed E-state index contributed by atoms with van der Waals surface area (Å²) in [6, 6.07) is 32.4. The van der Waals surface area contributed by atoms with Crippen LogP contribution in [0.2, 0.25) is 0 Å². The molecule has 6 rings (SSSR count). The highest BCUT2D eigenvalue weighted by Crippen LogP contribution is 2.52. The maximum Gasteiger partial charge on any atom is 0.471 e. The minimum Gasteiger partial charge on any atom is -0.497 e. The van der Waals surface area contributed by atoms with Gasteiger partial charge in [-0.15, -0.1) is 0 Å². The van der Waals surface area contributed by atoms with E-state index in [2.05, 4.69) is 6.07 Å². The zero-order valence-corrected chi connectivity index (χ0v) is 39.2. The Bertz CT molecular complexity index is 2470. The fourth-order valence-corrected chi connectivity index (χ4v) is 10.5. The van der Waals surface area contributed by atoms with Gasteiger partial charge in [0.1, 0.15) is 17.1 Å². The summed E-state index contributed by atoms with van der Waals surface area (Å²) in [5, 5.41) is 11.2. The molecule has 0 bridgehead atoms. The maximum atomic E-state index is 15.0. The summed E-state index contributed by atoms with van der Waals surface area (Å²) in [4.78, 5) is 26.6. The minimum absolute atomic E-state index is 0.00339. The Morgan fingerprint density at radius 3 is 1.82 bits per heavy atom. The molecular formula is C50H53F6N4O7P. The molecule has 2 amide bonds. The third-order valence-corrected chi connectivity index (χ3v) is 13.8.